The SMILES string of the molecule is C=N/C(=C\N(C)CC)NC(=O)CCNC(=O)c1cc(NC(=O)c2nccn2C)cn1C. The topological polar surface area (TPSA) is 126 Å². The Morgan fingerprint density at radius 2 is 2.00 bits per heavy atom. The predicted octanol–water partition coefficient (Wildman–Crippen LogP) is 0.698. The highest BCUT2D eigenvalue weighted by atomic mass is 16.2. The molecular weight excluding hydrogens is 400 g/mol. The van der Waals surface area contributed by atoms with Crippen LogP contribution in [-0.4, -0.2) is 63.6 Å². The monoisotopic (exact) mass is 428 g/mol. The van der Waals surface area contributed by atoms with Crippen molar-refractivity contribution in [1.29, 1.82) is 0 Å². The van der Waals surface area contributed by atoms with Gasteiger partial charge in [-0.05, 0) is 19.7 Å². The third-order valence-electron chi connectivity index (χ3n) is 4.44. The first-order valence-electron chi connectivity index (χ1n) is 9.67. The Morgan fingerprint density at radius 1 is 1.26 bits per heavy atom. The van der Waals surface area contributed by atoms with Crippen LogP contribution in [0.5, 0.6) is 0 Å². The Morgan fingerprint density at radius 3 is 2.61 bits per heavy atom. The number of hydrogen-bond acceptors (Lipinski definition) is 6. The van der Waals surface area contributed by atoms with E-state index in [1.807, 2.05) is 18.9 Å². The predicted molar refractivity (Wildman–Crippen MR) is 118 cm³/mol. The van der Waals surface area contributed by atoms with Gasteiger partial charge in [-0.15, -0.1) is 0 Å². The van der Waals surface area contributed by atoms with Gasteiger partial charge in [0, 0.05) is 65.4 Å². The van der Waals surface area contributed by atoms with Gasteiger partial charge in [0.05, 0.1) is 5.69 Å². The number of carbonyl (C=O) groups is 3. The van der Waals surface area contributed by atoms with Crippen molar-refractivity contribution < 1.29 is 14.4 Å². The molecule has 0 aliphatic carbocycles. The average molecular weight is 428 g/mol. The first-order chi connectivity index (χ1) is 14.7. The van der Waals surface area contributed by atoms with Crippen molar-refractivity contribution in [3.63, 3.8) is 0 Å². The second-order valence-corrected chi connectivity index (χ2v) is 6.84. The van der Waals surface area contributed by atoms with Crippen molar-refractivity contribution in [2.24, 2.45) is 19.1 Å². The summed E-state index contributed by atoms with van der Waals surface area (Å²) in [6.07, 6.45) is 6.57. The highest BCUT2D eigenvalue weighted by Crippen LogP contribution is 2.14. The van der Waals surface area contributed by atoms with E-state index in [-0.39, 0.29) is 36.5 Å². The van der Waals surface area contributed by atoms with Crippen LogP contribution in [0.25, 0.3) is 0 Å². The summed E-state index contributed by atoms with van der Waals surface area (Å²) in [5.41, 5.74) is 0.804. The molecule has 0 spiro atoms. The number of rotatable bonds is 10. The molecule has 0 fully saturated rings. The number of hydrogen-bond donors (Lipinski definition) is 3. The molecule has 0 saturated heterocycles. The molecule has 11 nitrogen and oxygen atoms in total. The summed E-state index contributed by atoms with van der Waals surface area (Å²) < 4.78 is 3.19. The number of nitrogens with zero attached hydrogens (tertiary/aromatic N) is 5. The van der Waals surface area contributed by atoms with Crippen LogP contribution in [0.3, 0.4) is 0 Å². The first kappa shape index (κ1) is 23.4. The lowest BCUT2D eigenvalue weighted by Gasteiger charge is -2.12. The zero-order chi connectivity index (χ0) is 23.0. The molecule has 2 aromatic rings. The molecule has 0 saturated carbocycles. The molecule has 11 heteroatoms. The highest BCUT2D eigenvalue weighted by molar-refractivity contribution is 6.03. The Hall–Kier alpha value is -3.89. The van der Waals surface area contributed by atoms with Crippen molar-refractivity contribution in [3.8, 4) is 0 Å². The van der Waals surface area contributed by atoms with Crippen molar-refractivity contribution in [3.05, 3.63) is 48.2 Å². The summed E-state index contributed by atoms with van der Waals surface area (Å²) in [6, 6.07) is 1.55. The van der Waals surface area contributed by atoms with Gasteiger partial charge in [0.25, 0.3) is 11.8 Å². The summed E-state index contributed by atoms with van der Waals surface area (Å²) in [5.74, 6) is -0.436. The van der Waals surface area contributed by atoms with Gasteiger partial charge in [-0.1, -0.05) is 0 Å². The molecule has 0 atom stereocenters. The van der Waals surface area contributed by atoms with E-state index < -0.39 is 0 Å². The number of carbonyl (C=O) groups excluding carboxylic acids is 3. The Bertz CT molecular complexity index is 988. The maximum Gasteiger partial charge on any atom is 0.291 e. The quantitative estimate of drug-likeness (QED) is 0.480. The summed E-state index contributed by atoms with van der Waals surface area (Å²) in [4.78, 5) is 46.4. The molecule has 3 amide bonds. The Labute approximate surface area is 180 Å². The third-order valence-corrected chi connectivity index (χ3v) is 4.44. The molecule has 2 rings (SSSR count). The van der Waals surface area contributed by atoms with Gasteiger partial charge < -0.3 is 30.0 Å². The van der Waals surface area contributed by atoms with Crippen molar-refractivity contribution in [2.45, 2.75) is 13.3 Å². The number of nitrogens with one attached hydrogen (secondary N) is 3. The summed E-state index contributed by atoms with van der Waals surface area (Å²) in [6.45, 7) is 6.30. The zero-order valence-corrected chi connectivity index (χ0v) is 18.2. The minimum absolute atomic E-state index is 0.0710. The van der Waals surface area contributed by atoms with Gasteiger partial charge in [0.1, 0.15) is 11.5 Å². The number of aryl methyl sites for hydroxylation is 2. The molecule has 0 bridgehead atoms. The van der Waals surface area contributed by atoms with E-state index in [0.717, 1.165) is 6.54 Å². The second-order valence-electron chi connectivity index (χ2n) is 6.84. The summed E-state index contributed by atoms with van der Waals surface area (Å²) >= 11 is 0. The van der Waals surface area contributed by atoms with Crippen molar-refractivity contribution in [2.75, 3.05) is 25.5 Å². The van der Waals surface area contributed by atoms with Crippen molar-refractivity contribution in [1.82, 2.24) is 29.7 Å². The van der Waals surface area contributed by atoms with Crippen LogP contribution in [0.4, 0.5) is 5.69 Å². The van der Waals surface area contributed by atoms with Gasteiger partial charge in [-0.3, -0.25) is 14.4 Å². The lowest BCUT2D eigenvalue weighted by Crippen LogP contribution is -2.31. The first-order valence-corrected chi connectivity index (χ1v) is 9.67. The van der Waals surface area contributed by atoms with Crippen LogP contribution in [0.2, 0.25) is 0 Å². The van der Waals surface area contributed by atoms with Crippen LogP contribution in [0, 0.1) is 0 Å². The third kappa shape index (κ3) is 6.56. The maximum absolute atomic E-state index is 12.5. The van der Waals surface area contributed by atoms with Crippen LogP contribution in [-0.2, 0) is 18.9 Å². The van der Waals surface area contributed by atoms with E-state index in [2.05, 4.69) is 32.6 Å². The van der Waals surface area contributed by atoms with Gasteiger partial charge >= 0.3 is 0 Å². The molecule has 2 heterocycles. The molecule has 0 aromatic carbocycles. The second kappa shape index (κ2) is 10.8. The maximum atomic E-state index is 12.5. The largest absolute Gasteiger partial charge is 0.378 e. The van der Waals surface area contributed by atoms with Crippen LogP contribution < -0.4 is 16.0 Å². The minimum Gasteiger partial charge on any atom is -0.378 e. The van der Waals surface area contributed by atoms with Crippen molar-refractivity contribution >= 4 is 30.1 Å². The fraction of sp³-hybridized carbons (Fsp3) is 0.350. The number of anilines is 1. The van der Waals surface area contributed by atoms with Gasteiger partial charge in [0.15, 0.2) is 5.82 Å². The lowest BCUT2D eigenvalue weighted by atomic mass is 10.3. The molecule has 31 heavy (non-hydrogen) atoms. The van der Waals surface area contributed by atoms with Crippen LogP contribution in [0.15, 0.2) is 41.7 Å². The van der Waals surface area contributed by atoms with E-state index in [1.54, 1.807) is 47.9 Å². The van der Waals surface area contributed by atoms with Gasteiger partial charge in [0.2, 0.25) is 5.91 Å². The Balaban J connectivity index is 1.88. The Kier molecular flexibility index (Phi) is 8.12. The van der Waals surface area contributed by atoms with Crippen LogP contribution >= 0.6 is 0 Å². The fourth-order valence-electron chi connectivity index (χ4n) is 2.63. The lowest BCUT2D eigenvalue weighted by molar-refractivity contribution is -0.120. The van der Waals surface area contributed by atoms with E-state index in [1.165, 1.54) is 6.20 Å². The van der Waals surface area contributed by atoms with E-state index >= 15 is 0 Å². The number of aliphatic imine (C=N–C) groups is 1. The molecule has 0 aliphatic rings. The van der Waals surface area contributed by atoms with E-state index in [9.17, 15) is 14.4 Å². The summed E-state index contributed by atoms with van der Waals surface area (Å²) in [7, 11) is 5.26. The smallest absolute Gasteiger partial charge is 0.291 e. The molecule has 0 radical (unpaired) electrons. The number of amides is 3. The molecule has 0 unspecified atom stereocenters. The van der Waals surface area contributed by atoms with Gasteiger partial charge in [-0.2, -0.15) is 0 Å². The highest BCUT2D eigenvalue weighted by Gasteiger charge is 2.16. The zero-order valence-electron chi connectivity index (χ0n) is 18.2. The van der Waals surface area contributed by atoms with E-state index in [4.69, 9.17) is 0 Å². The van der Waals surface area contributed by atoms with Crippen LogP contribution in [0.1, 0.15) is 34.5 Å². The average Bonchev–Trinajstić information content (AvgIpc) is 3.32. The normalized spacial score (nSPS) is 11.0. The summed E-state index contributed by atoms with van der Waals surface area (Å²) in [5, 5.41) is 8.04. The number of imidazole rings is 1. The number of aromatic nitrogens is 3. The molecule has 166 valence electrons. The molecular formula is C20H28N8O3. The minimum atomic E-state index is -0.380. The fourth-order valence-corrected chi connectivity index (χ4v) is 2.63. The molecule has 2 aromatic heterocycles. The van der Waals surface area contributed by atoms with E-state index in [0.29, 0.717) is 17.2 Å². The van der Waals surface area contributed by atoms with Gasteiger partial charge in [-0.25, -0.2) is 9.98 Å². The standard InChI is InChI=1S/C20H28N8O3/c1-6-26(3)13-16(21-2)25-17(29)7-8-23-19(30)15-11-14(12-28(15)5)24-20(31)18-22-9-10-27(18)4/h9-13H,2,6-8H2,1,3-5H3,(H,23,30)(H,24,31)(H,25,29)/b16-13+. The molecule has 3 N–H and O–H groups in total. The molecule has 0 aliphatic heterocycles.